The third-order valence-electron chi connectivity index (χ3n) is 2.13. The number of thiophene rings is 1. The first-order valence-electron chi connectivity index (χ1n) is 4.30. The lowest BCUT2D eigenvalue weighted by atomic mass is 10.0. The van der Waals surface area contributed by atoms with Crippen molar-refractivity contribution >= 4 is 27.3 Å². The number of rotatable bonds is 2. The fourth-order valence-corrected chi connectivity index (χ4v) is 2.28. The van der Waals surface area contributed by atoms with Crippen molar-refractivity contribution < 1.29 is 0 Å². The van der Waals surface area contributed by atoms with E-state index in [2.05, 4.69) is 27.4 Å². The molecule has 0 saturated carbocycles. The molecule has 0 saturated heterocycles. The number of halogens is 1. The van der Waals surface area contributed by atoms with E-state index in [9.17, 15) is 0 Å². The first-order valence-corrected chi connectivity index (χ1v) is 6.04. The third-order valence-corrected chi connectivity index (χ3v) is 3.36. The van der Waals surface area contributed by atoms with Gasteiger partial charge in [0.2, 0.25) is 0 Å². The predicted molar refractivity (Wildman–Crippen MR) is 64.5 cm³/mol. The molecule has 0 fully saturated rings. The van der Waals surface area contributed by atoms with Gasteiger partial charge in [-0.2, -0.15) is 11.3 Å². The van der Waals surface area contributed by atoms with Crippen molar-refractivity contribution in [2.75, 3.05) is 0 Å². The number of benzene rings is 1. The van der Waals surface area contributed by atoms with Crippen molar-refractivity contribution in [1.29, 1.82) is 0 Å². The average molecular weight is 268 g/mol. The van der Waals surface area contributed by atoms with E-state index >= 15 is 0 Å². The molecular formula is C11H10BrNS. The zero-order valence-corrected chi connectivity index (χ0v) is 9.88. The van der Waals surface area contributed by atoms with E-state index in [-0.39, 0.29) is 6.04 Å². The lowest BCUT2D eigenvalue weighted by Gasteiger charge is -2.09. The minimum atomic E-state index is -0.00523. The molecule has 1 heterocycles. The van der Waals surface area contributed by atoms with E-state index in [0.717, 1.165) is 10.0 Å². The van der Waals surface area contributed by atoms with Crippen LogP contribution in [-0.2, 0) is 0 Å². The Morgan fingerprint density at radius 1 is 1.07 bits per heavy atom. The Kier molecular flexibility index (Phi) is 3.01. The molecule has 14 heavy (non-hydrogen) atoms. The molecule has 0 aliphatic rings. The highest BCUT2D eigenvalue weighted by atomic mass is 79.9. The predicted octanol–water partition coefficient (Wildman–Crippen LogP) is 3.56. The van der Waals surface area contributed by atoms with Crippen LogP contribution in [0.3, 0.4) is 0 Å². The van der Waals surface area contributed by atoms with Gasteiger partial charge in [0.15, 0.2) is 0 Å². The van der Waals surface area contributed by atoms with Crippen molar-refractivity contribution in [2.45, 2.75) is 6.04 Å². The molecule has 0 amide bonds. The molecule has 0 aliphatic heterocycles. The lowest BCUT2D eigenvalue weighted by Crippen LogP contribution is -2.10. The van der Waals surface area contributed by atoms with Gasteiger partial charge in [-0.15, -0.1) is 0 Å². The Balaban J connectivity index is 2.28. The molecular weight excluding hydrogens is 258 g/mol. The molecule has 0 unspecified atom stereocenters. The molecule has 72 valence electrons. The second kappa shape index (κ2) is 4.26. The van der Waals surface area contributed by atoms with E-state index in [1.54, 1.807) is 11.3 Å². The Bertz CT molecular complexity index is 394. The molecule has 0 spiro atoms. The molecule has 0 aliphatic carbocycles. The van der Waals surface area contributed by atoms with Crippen LogP contribution in [0.1, 0.15) is 17.2 Å². The van der Waals surface area contributed by atoms with Gasteiger partial charge < -0.3 is 5.73 Å². The molecule has 2 N–H and O–H groups in total. The van der Waals surface area contributed by atoms with Gasteiger partial charge in [0.25, 0.3) is 0 Å². The zero-order chi connectivity index (χ0) is 9.97. The summed E-state index contributed by atoms with van der Waals surface area (Å²) in [6, 6.07) is 10.2. The molecule has 0 radical (unpaired) electrons. The number of nitrogens with two attached hydrogens (primary N) is 1. The van der Waals surface area contributed by atoms with Gasteiger partial charge in [-0.1, -0.05) is 28.1 Å². The quantitative estimate of drug-likeness (QED) is 0.885. The standard InChI is InChI=1S/C11H10BrNS/c12-10-3-1-8(2-4-10)11(13)9-5-6-14-7-9/h1-7,11H,13H2/t11-/m0/s1. The molecule has 2 aromatic rings. The van der Waals surface area contributed by atoms with Crippen LogP contribution >= 0.6 is 27.3 Å². The molecule has 1 nitrogen and oxygen atoms in total. The van der Waals surface area contributed by atoms with Crippen LogP contribution in [0.15, 0.2) is 45.6 Å². The van der Waals surface area contributed by atoms with Crippen LogP contribution in [0.5, 0.6) is 0 Å². The molecule has 3 heteroatoms. The second-order valence-electron chi connectivity index (χ2n) is 3.09. The summed E-state index contributed by atoms with van der Waals surface area (Å²) in [6.45, 7) is 0. The lowest BCUT2D eigenvalue weighted by molar-refractivity contribution is 0.876. The van der Waals surface area contributed by atoms with Gasteiger partial charge in [-0.25, -0.2) is 0 Å². The van der Waals surface area contributed by atoms with Crippen LogP contribution in [0, 0.1) is 0 Å². The smallest absolute Gasteiger partial charge is 0.0559 e. The Labute approximate surface area is 95.7 Å². The number of hydrogen-bond acceptors (Lipinski definition) is 2. The Morgan fingerprint density at radius 3 is 2.36 bits per heavy atom. The van der Waals surface area contributed by atoms with E-state index in [4.69, 9.17) is 5.73 Å². The van der Waals surface area contributed by atoms with Crippen molar-refractivity contribution in [2.24, 2.45) is 5.73 Å². The highest BCUT2D eigenvalue weighted by molar-refractivity contribution is 9.10. The second-order valence-corrected chi connectivity index (χ2v) is 4.78. The summed E-state index contributed by atoms with van der Waals surface area (Å²) in [4.78, 5) is 0. The summed E-state index contributed by atoms with van der Waals surface area (Å²) < 4.78 is 1.08. The fraction of sp³-hybridized carbons (Fsp3) is 0.0909. The monoisotopic (exact) mass is 267 g/mol. The van der Waals surface area contributed by atoms with Crippen LogP contribution in [0.4, 0.5) is 0 Å². The van der Waals surface area contributed by atoms with Gasteiger partial charge in [0, 0.05) is 4.47 Å². The van der Waals surface area contributed by atoms with Crippen LogP contribution in [0.25, 0.3) is 0 Å². The largest absolute Gasteiger partial charge is 0.320 e. The van der Waals surface area contributed by atoms with Crippen LogP contribution < -0.4 is 5.73 Å². The van der Waals surface area contributed by atoms with E-state index < -0.39 is 0 Å². The maximum atomic E-state index is 6.10. The summed E-state index contributed by atoms with van der Waals surface area (Å²) >= 11 is 5.08. The van der Waals surface area contributed by atoms with Crippen LogP contribution in [0.2, 0.25) is 0 Å². The SMILES string of the molecule is N[C@@H](c1ccc(Br)cc1)c1ccsc1. The Hall–Kier alpha value is -0.640. The Morgan fingerprint density at radius 2 is 1.79 bits per heavy atom. The molecule has 2 rings (SSSR count). The molecule has 1 aromatic heterocycles. The fourth-order valence-electron chi connectivity index (χ4n) is 1.31. The average Bonchev–Trinajstić information content (AvgIpc) is 2.71. The van der Waals surface area contributed by atoms with Gasteiger partial charge in [0.05, 0.1) is 6.04 Å². The van der Waals surface area contributed by atoms with E-state index in [1.165, 1.54) is 5.56 Å². The molecule has 1 atom stereocenters. The van der Waals surface area contributed by atoms with Crippen molar-refractivity contribution in [1.82, 2.24) is 0 Å². The van der Waals surface area contributed by atoms with E-state index in [0.29, 0.717) is 0 Å². The summed E-state index contributed by atoms with van der Waals surface area (Å²) in [5.41, 5.74) is 8.43. The maximum Gasteiger partial charge on any atom is 0.0559 e. The first kappa shape index (κ1) is 9.90. The van der Waals surface area contributed by atoms with Gasteiger partial charge in [-0.3, -0.25) is 0 Å². The van der Waals surface area contributed by atoms with Crippen LogP contribution in [-0.4, -0.2) is 0 Å². The highest BCUT2D eigenvalue weighted by Gasteiger charge is 2.08. The minimum Gasteiger partial charge on any atom is -0.320 e. The zero-order valence-electron chi connectivity index (χ0n) is 7.48. The normalized spacial score (nSPS) is 12.7. The highest BCUT2D eigenvalue weighted by Crippen LogP contribution is 2.22. The van der Waals surface area contributed by atoms with Gasteiger partial charge in [-0.05, 0) is 40.1 Å². The van der Waals surface area contributed by atoms with Gasteiger partial charge in [0.1, 0.15) is 0 Å². The van der Waals surface area contributed by atoms with Crippen molar-refractivity contribution in [3.05, 3.63) is 56.7 Å². The van der Waals surface area contributed by atoms with Crippen molar-refractivity contribution in [3.8, 4) is 0 Å². The molecule has 0 bridgehead atoms. The first-order chi connectivity index (χ1) is 6.77. The van der Waals surface area contributed by atoms with Gasteiger partial charge >= 0.3 is 0 Å². The summed E-state index contributed by atoms with van der Waals surface area (Å²) in [5.74, 6) is 0. The van der Waals surface area contributed by atoms with E-state index in [1.807, 2.05) is 29.6 Å². The van der Waals surface area contributed by atoms with Crippen molar-refractivity contribution in [3.63, 3.8) is 0 Å². The summed E-state index contributed by atoms with van der Waals surface area (Å²) in [5, 5.41) is 4.14. The number of hydrogen-bond donors (Lipinski definition) is 1. The minimum absolute atomic E-state index is 0.00523. The third kappa shape index (κ3) is 2.05. The summed E-state index contributed by atoms with van der Waals surface area (Å²) in [7, 11) is 0. The topological polar surface area (TPSA) is 26.0 Å². The summed E-state index contributed by atoms with van der Waals surface area (Å²) in [6.07, 6.45) is 0. The maximum absolute atomic E-state index is 6.10. The molecule has 1 aromatic carbocycles.